The van der Waals surface area contributed by atoms with Gasteiger partial charge in [0.25, 0.3) is 0 Å². The molecule has 3 nitrogen and oxygen atoms in total. The van der Waals surface area contributed by atoms with E-state index in [1.54, 1.807) is 0 Å². The summed E-state index contributed by atoms with van der Waals surface area (Å²) in [6.07, 6.45) is 2.92. The van der Waals surface area contributed by atoms with Crippen LogP contribution in [0.2, 0.25) is 0 Å². The molecule has 0 fully saturated rings. The zero-order chi connectivity index (χ0) is 10.6. The first-order valence-corrected chi connectivity index (χ1v) is 4.91. The molecule has 0 aliphatic rings. The van der Waals surface area contributed by atoms with Gasteiger partial charge in [-0.25, -0.2) is 4.57 Å². The molecule has 1 rings (SSSR count). The molecule has 0 aromatic carbocycles. The van der Waals surface area contributed by atoms with Gasteiger partial charge in [0, 0.05) is 11.6 Å². The number of rotatable bonds is 4. The van der Waals surface area contributed by atoms with E-state index in [1.165, 1.54) is 0 Å². The smallest absolute Gasteiger partial charge is 0.314 e. The number of nitrogens with zero attached hydrogens (tertiary/aromatic N) is 1. The Balaban J connectivity index is 3.12. The van der Waals surface area contributed by atoms with Crippen LogP contribution in [0, 0.1) is 0 Å². The van der Waals surface area contributed by atoms with E-state index < -0.39 is 5.97 Å². The fraction of sp³-hybridized carbons (Fsp3) is 0.455. The molecular weight excluding hydrogens is 178 g/mol. The fourth-order valence-corrected chi connectivity index (χ4v) is 1.61. The van der Waals surface area contributed by atoms with Gasteiger partial charge >= 0.3 is 5.97 Å². The van der Waals surface area contributed by atoms with Gasteiger partial charge in [-0.3, -0.25) is 4.79 Å². The topological polar surface area (TPSA) is 41.2 Å². The average Bonchev–Trinajstić information content (AvgIpc) is 2.17. The molecule has 76 valence electrons. The molecule has 0 saturated carbocycles. The van der Waals surface area contributed by atoms with Crippen molar-refractivity contribution in [2.24, 2.45) is 0 Å². The molecule has 1 N–H and O–H groups in total. The first-order valence-electron chi connectivity index (χ1n) is 4.91. The molecule has 0 radical (unpaired) electrons. The van der Waals surface area contributed by atoms with Gasteiger partial charge in [-0.05, 0) is 19.4 Å². The van der Waals surface area contributed by atoms with Gasteiger partial charge in [0.1, 0.15) is 13.0 Å². The Hall–Kier alpha value is -1.38. The molecule has 1 aromatic heterocycles. The Kier molecular flexibility index (Phi) is 3.63. The van der Waals surface area contributed by atoms with E-state index in [-0.39, 0.29) is 6.42 Å². The second-order valence-corrected chi connectivity index (χ2v) is 3.19. The highest BCUT2D eigenvalue weighted by Crippen LogP contribution is 2.05. The number of carbonyl (C=O) groups is 1. The number of aryl methyl sites for hydroxylation is 2. The van der Waals surface area contributed by atoms with Gasteiger partial charge in [0.2, 0.25) is 0 Å². The summed E-state index contributed by atoms with van der Waals surface area (Å²) in [6.45, 7) is 4.88. The summed E-state index contributed by atoms with van der Waals surface area (Å²) in [5, 5.41) is 8.79. The maximum atomic E-state index is 10.7. The van der Waals surface area contributed by atoms with Crippen LogP contribution in [0.25, 0.3) is 0 Å². The lowest BCUT2D eigenvalue weighted by Crippen LogP contribution is -2.39. The van der Waals surface area contributed by atoms with Crippen LogP contribution in [-0.2, 0) is 24.2 Å². The van der Waals surface area contributed by atoms with Crippen molar-refractivity contribution in [2.75, 3.05) is 0 Å². The molecule has 0 atom stereocenters. The minimum atomic E-state index is -0.770. The maximum absolute atomic E-state index is 10.7. The van der Waals surface area contributed by atoms with Crippen molar-refractivity contribution in [3.63, 3.8) is 0 Å². The number of hydrogen-bond acceptors (Lipinski definition) is 1. The number of carboxylic acid groups (broad SMARTS) is 1. The molecule has 0 saturated heterocycles. The van der Waals surface area contributed by atoms with Crippen LogP contribution in [0.15, 0.2) is 18.3 Å². The van der Waals surface area contributed by atoms with Crippen molar-refractivity contribution in [1.29, 1.82) is 0 Å². The molecule has 0 aliphatic carbocycles. The lowest BCUT2D eigenvalue weighted by Gasteiger charge is -2.04. The third kappa shape index (κ3) is 2.31. The molecule has 1 aromatic rings. The maximum Gasteiger partial charge on any atom is 0.314 e. The van der Waals surface area contributed by atoms with Gasteiger partial charge in [0.15, 0.2) is 11.9 Å². The van der Waals surface area contributed by atoms with Crippen LogP contribution in [0.5, 0.6) is 0 Å². The molecule has 14 heavy (non-hydrogen) atoms. The van der Waals surface area contributed by atoms with Crippen molar-refractivity contribution in [3.8, 4) is 0 Å². The first-order chi connectivity index (χ1) is 6.69. The molecule has 3 heteroatoms. The van der Waals surface area contributed by atoms with Crippen molar-refractivity contribution < 1.29 is 14.5 Å². The summed E-state index contributed by atoms with van der Waals surface area (Å²) in [5.74, 6) is -0.770. The van der Waals surface area contributed by atoms with E-state index in [2.05, 4.69) is 0 Å². The van der Waals surface area contributed by atoms with Crippen LogP contribution in [0.3, 0.4) is 0 Å². The first kappa shape index (κ1) is 10.7. The number of carboxylic acids is 1. The van der Waals surface area contributed by atoms with Crippen molar-refractivity contribution >= 4 is 5.97 Å². The second kappa shape index (κ2) is 4.74. The highest BCUT2D eigenvalue weighted by molar-refractivity contribution is 5.69. The molecule has 0 spiro atoms. The molecule has 0 unspecified atom stereocenters. The predicted octanol–water partition coefficient (Wildman–Crippen LogP) is 1.18. The zero-order valence-electron chi connectivity index (χ0n) is 8.66. The molecule has 0 aliphatic heterocycles. The summed E-state index contributed by atoms with van der Waals surface area (Å²) in [6, 6.07) is 3.96. The van der Waals surface area contributed by atoms with Gasteiger partial charge < -0.3 is 5.11 Å². The van der Waals surface area contributed by atoms with E-state index >= 15 is 0 Å². The van der Waals surface area contributed by atoms with E-state index in [4.69, 9.17) is 5.11 Å². The number of aliphatic carboxylic acids is 1. The Morgan fingerprint density at radius 3 is 2.71 bits per heavy atom. The predicted molar refractivity (Wildman–Crippen MR) is 53.0 cm³/mol. The minimum absolute atomic E-state index is 0.109. The van der Waals surface area contributed by atoms with Crippen LogP contribution in [0.4, 0.5) is 0 Å². The van der Waals surface area contributed by atoms with E-state index in [1.807, 2.05) is 36.7 Å². The summed E-state index contributed by atoms with van der Waals surface area (Å²) in [7, 11) is 0. The second-order valence-electron chi connectivity index (χ2n) is 3.19. The van der Waals surface area contributed by atoms with Crippen LogP contribution < -0.4 is 4.57 Å². The SMILES string of the molecule is CCc1ccc[n+](CC)c1CC(=O)O. The van der Waals surface area contributed by atoms with Gasteiger partial charge in [-0.2, -0.15) is 0 Å². The average molecular weight is 194 g/mol. The highest BCUT2D eigenvalue weighted by Gasteiger charge is 2.16. The zero-order valence-corrected chi connectivity index (χ0v) is 8.66. The molecular formula is C11H16NO2+. The van der Waals surface area contributed by atoms with E-state index in [0.717, 1.165) is 24.2 Å². The standard InChI is InChI=1S/C11H15NO2/c1-3-9-6-5-7-12(4-2)10(9)8-11(13)14/h5-7H,3-4,8H2,1-2H3/p+1. The molecule has 0 bridgehead atoms. The van der Waals surface area contributed by atoms with E-state index in [9.17, 15) is 4.79 Å². The lowest BCUT2D eigenvalue weighted by molar-refractivity contribution is -0.700. The third-order valence-electron chi connectivity index (χ3n) is 2.32. The quantitative estimate of drug-likeness (QED) is 0.731. The monoisotopic (exact) mass is 194 g/mol. The Morgan fingerprint density at radius 1 is 1.50 bits per heavy atom. The highest BCUT2D eigenvalue weighted by atomic mass is 16.4. The normalized spacial score (nSPS) is 10.1. The summed E-state index contributed by atoms with van der Waals surface area (Å²) < 4.78 is 1.99. The van der Waals surface area contributed by atoms with Gasteiger partial charge in [0.05, 0.1) is 0 Å². The lowest BCUT2D eigenvalue weighted by atomic mass is 10.1. The Morgan fingerprint density at radius 2 is 2.21 bits per heavy atom. The number of hydrogen-bond donors (Lipinski definition) is 1. The van der Waals surface area contributed by atoms with Gasteiger partial charge in [-0.15, -0.1) is 0 Å². The minimum Gasteiger partial charge on any atom is -0.481 e. The largest absolute Gasteiger partial charge is 0.481 e. The van der Waals surface area contributed by atoms with Crippen LogP contribution in [-0.4, -0.2) is 11.1 Å². The molecule has 1 heterocycles. The Bertz CT molecular complexity index is 312. The molecule has 0 amide bonds. The fourth-order valence-electron chi connectivity index (χ4n) is 1.61. The summed E-state index contributed by atoms with van der Waals surface area (Å²) in [5.41, 5.74) is 2.04. The Labute approximate surface area is 84.0 Å². The van der Waals surface area contributed by atoms with Crippen molar-refractivity contribution in [1.82, 2.24) is 0 Å². The summed E-state index contributed by atoms with van der Waals surface area (Å²) >= 11 is 0. The van der Waals surface area contributed by atoms with Crippen LogP contribution in [0.1, 0.15) is 25.1 Å². The van der Waals surface area contributed by atoms with E-state index in [0.29, 0.717) is 0 Å². The van der Waals surface area contributed by atoms with Crippen molar-refractivity contribution in [3.05, 3.63) is 29.6 Å². The third-order valence-corrected chi connectivity index (χ3v) is 2.32. The van der Waals surface area contributed by atoms with Crippen LogP contribution >= 0.6 is 0 Å². The summed E-state index contributed by atoms with van der Waals surface area (Å²) in [4.78, 5) is 10.7. The van der Waals surface area contributed by atoms with Crippen molar-refractivity contribution in [2.45, 2.75) is 33.2 Å². The van der Waals surface area contributed by atoms with Gasteiger partial charge in [-0.1, -0.05) is 6.92 Å². The number of aromatic nitrogens is 1. The number of pyridine rings is 1.